The Hall–Kier alpha value is -1.49. The highest BCUT2D eigenvalue weighted by molar-refractivity contribution is 5.86. The molecule has 0 aliphatic carbocycles. The largest absolute Gasteiger partial charge is 0.461 e. The van der Waals surface area contributed by atoms with Gasteiger partial charge in [0.25, 0.3) is 0 Å². The molecule has 0 aliphatic heterocycles. The topological polar surface area (TPSA) is 72.3 Å². The molecular formula is C8H10N2O3. The molecule has 13 heavy (non-hydrogen) atoms. The first-order valence-corrected chi connectivity index (χ1v) is 3.86. The van der Waals surface area contributed by atoms with Crippen molar-refractivity contribution in [1.29, 1.82) is 0 Å². The summed E-state index contributed by atoms with van der Waals surface area (Å²) in [5.74, 6) is -0.500. The van der Waals surface area contributed by atoms with Gasteiger partial charge in [-0.25, -0.2) is 9.78 Å². The molecule has 1 aromatic rings. The highest BCUT2D eigenvalue weighted by atomic mass is 16.5. The third kappa shape index (κ3) is 2.48. The van der Waals surface area contributed by atoms with Crippen LogP contribution in [0.1, 0.15) is 23.1 Å². The quantitative estimate of drug-likeness (QED) is 0.673. The van der Waals surface area contributed by atoms with Crippen LogP contribution in [-0.4, -0.2) is 27.7 Å². The number of hydrogen-bond acceptors (Lipinski definition) is 5. The summed E-state index contributed by atoms with van der Waals surface area (Å²) in [6, 6.07) is 0. The maximum atomic E-state index is 11.1. The van der Waals surface area contributed by atoms with Crippen molar-refractivity contribution in [3.05, 3.63) is 23.8 Å². The number of ether oxygens (including phenoxy) is 1. The van der Waals surface area contributed by atoms with E-state index in [0.29, 0.717) is 12.3 Å². The standard InChI is InChI=1S/C8H10N2O3/c1-2-13-8(12)7-4-9-6(5-11)3-10-7/h3-4,11H,2,5H2,1H3. The molecule has 0 unspecified atom stereocenters. The lowest BCUT2D eigenvalue weighted by atomic mass is 10.4. The number of aromatic nitrogens is 2. The molecule has 0 aromatic carbocycles. The molecule has 1 heterocycles. The van der Waals surface area contributed by atoms with Gasteiger partial charge in [0.05, 0.1) is 31.3 Å². The highest BCUT2D eigenvalue weighted by Crippen LogP contribution is 1.97. The highest BCUT2D eigenvalue weighted by Gasteiger charge is 2.07. The van der Waals surface area contributed by atoms with Crippen LogP contribution in [0, 0.1) is 0 Å². The van der Waals surface area contributed by atoms with Crippen LogP contribution in [0.15, 0.2) is 12.4 Å². The molecule has 0 saturated heterocycles. The van der Waals surface area contributed by atoms with Crippen molar-refractivity contribution in [3.8, 4) is 0 Å². The molecule has 0 bridgehead atoms. The molecule has 0 aliphatic rings. The van der Waals surface area contributed by atoms with E-state index in [4.69, 9.17) is 9.84 Å². The van der Waals surface area contributed by atoms with E-state index in [2.05, 4.69) is 9.97 Å². The number of carbonyl (C=O) groups is 1. The van der Waals surface area contributed by atoms with E-state index in [1.54, 1.807) is 6.92 Å². The van der Waals surface area contributed by atoms with Gasteiger partial charge in [0.1, 0.15) is 0 Å². The molecule has 0 fully saturated rings. The summed E-state index contributed by atoms with van der Waals surface area (Å²) >= 11 is 0. The average Bonchev–Trinajstić information content (AvgIpc) is 2.18. The van der Waals surface area contributed by atoms with Crippen molar-refractivity contribution in [2.24, 2.45) is 0 Å². The Morgan fingerprint density at radius 1 is 1.54 bits per heavy atom. The fourth-order valence-corrected chi connectivity index (χ4v) is 0.747. The van der Waals surface area contributed by atoms with E-state index in [1.807, 2.05) is 0 Å². The molecule has 0 spiro atoms. The van der Waals surface area contributed by atoms with Crippen molar-refractivity contribution >= 4 is 5.97 Å². The number of esters is 1. The smallest absolute Gasteiger partial charge is 0.358 e. The summed E-state index contributed by atoms with van der Waals surface area (Å²) in [4.78, 5) is 18.6. The third-order valence-corrected chi connectivity index (χ3v) is 1.35. The van der Waals surface area contributed by atoms with Gasteiger partial charge >= 0.3 is 5.97 Å². The normalized spacial score (nSPS) is 9.69. The third-order valence-electron chi connectivity index (χ3n) is 1.35. The SMILES string of the molecule is CCOC(=O)c1cnc(CO)cn1. The van der Waals surface area contributed by atoms with Crippen LogP contribution in [0.25, 0.3) is 0 Å². The van der Waals surface area contributed by atoms with Crippen molar-refractivity contribution in [3.63, 3.8) is 0 Å². The number of hydrogen-bond donors (Lipinski definition) is 1. The first-order chi connectivity index (χ1) is 6.27. The second-order valence-electron chi connectivity index (χ2n) is 2.27. The molecule has 0 radical (unpaired) electrons. The molecule has 0 atom stereocenters. The minimum absolute atomic E-state index is 0.152. The summed E-state index contributed by atoms with van der Waals surface area (Å²) < 4.78 is 4.70. The molecule has 5 nitrogen and oxygen atoms in total. The zero-order valence-electron chi connectivity index (χ0n) is 7.23. The zero-order valence-corrected chi connectivity index (χ0v) is 7.23. The minimum atomic E-state index is -0.500. The van der Waals surface area contributed by atoms with Gasteiger partial charge in [0, 0.05) is 0 Å². The molecule has 0 amide bonds. The van der Waals surface area contributed by atoms with E-state index in [9.17, 15) is 4.79 Å². The summed E-state index contributed by atoms with van der Waals surface area (Å²) in [5.41, 5.74) is 0.576. The van der Waals surface area contributed by atoms with Crippen LogP contribution >= 0.6 is 0 Å². The summed E-state index contributed by atoms with van der Waals surface area (Å²) in [6.45, 7) is 1.84. The fourth-order valence-electron chi connectivity index (χ4n) is 0.747. The van der Waals surface area contributed by atoms with Crippen molar-refractivity contribution < 1.29 is 14.6 Å². The first kappa shape index (κ1) is 9.60. The Bertz CT molecular complexity index is 284. The Morgan fingerprint density at radius 3 is 2.77 bits per heavy atom. The molecular weight excluding hydrogens is 172 g/mol. The van der Waals surface area contributed by atoms with Gasteiger partial charge in [0.15, 0.2) is 5.69 Å². The maximum Gasteiger partial charge on any atom is 0.358 e. The van der Waals surface area contributed by atoms with E-state index < -0.39 is 5.97 Å². The Labute approximate surface area is 75.4 Å². The van der Waals surface area contributed by atoms with Gasteiger partial charge in [-0.2, -0.15) is 0 Å². The van der Waals surface area contributed by atoms with E-state index in [0.717, 1.165) is 0 Å². The number of aliphatic hydroxyl groups excluding tert-OH is 1. The van der Waals surface area contributed by atoms with E-state index in [-0.39, 0.29) is 12.3 Å². The molecule has 1 aromatic heterocycles. The van der Waals surface area contributed by atoms with Crippen LogP contribution in [0.5, 0.6) is 0 Å². The Balaban J connectivity index is 2.74. The summed E-state index contributed by atoms with van der Waals surface area (Å²) in [5, 5.41) is 8.65. The van der Waals surface area contributed by atoms with E-state index in [1.165, 1.54) is 12.4 Å². The Kier molecular flexibility index (Phi) is 3.33. The predicted molar refractivity (Wildman–Crippen MR) is 43.9 cm³/mol. The van der Waals surface area contributed by atoms with Crippen LogP contribution in [0.4, 0.5) is 0 Å². The van der Waals surface area contributed by atoms with Crippen molar-refractivity contribution in [2.45, 2.75) is 13.5 Å². The van der Waals surface area contributed by atoms with Gasteiger partial charge in [0.2, 0.25) is 0 Å². The van der Waals surface area contributed by atoms with Crippen molar-refractivity contribution in [2.75, 3.05) is 6.61 Å². The average molecular weight is 182 g/mol. The summed E-state index contributed by atoms with van der Waals surface area (Å²) in [6.07, 6.45) is 2.62. The van der Waals surface area contributed by atoms with Crippen molar-refractivity contribution in [1.82, 2.24) is 9.97 Å². The van der Waals surface area contributed by atoms with Gasteiger partial charge < -0.3 is 9.84 Å². The second-order valence-corrected chi connectivity index (χ2v) is 2.27. The zero-order chi connectivity index (χ0) is 9.68. The molecule has 0 saturated carbocycles. The van der Waals surface area contributed by atoms with Gasteiger partial charge in [-0.1, -0.05) is 0 Å². The van der Waals surface area contributed by atoms with Gasteiger partial charge in [-0.05, 0) is 6.92 Å². The second kappa shape index (κ2) is 4.51. The maximum absolute atomic E-state index is 11.1. The van der Waals surface area contributed by atoms with Crippen LogP contribution in [0.3, 0.4) is 0 Å². The molecule has 1 rings (SSSR count). The fraction of sp³-hybridized carbons (Fsp3) is 0.375. The Morgan fingerprint density at radius 2 is 2.31 bits per heavy atom. The lowest BCUT2D eigenvalue weighted by Gasteiger charge is -2.00. The number of nitrogens with zero attached hydrogens (tertiary/aromatic N) is 2. The van der Waals surface area contributed by atoms with Crippen LogP contribution in [0.2, 0.25) is 0 Å². The number of rotatable bonds is 3. The van der Waals surface area contributed by atoms with E-state index >= 15 is 0 Å². The van der Waals surface area contributed by atoms with Gasteiger partial charge in [-0.15, -0.1) is 0 Å². The lowest BCUT2D eigenvalue weighted by molar-refractivity contribution is 0.0518. The molecule has 5 heteroatoms. The predicted octanol–water partition coefficient (Wildman–Crippen LogP) is 0.146. The molecule has 70 valence electrons. The summed E-state index contributed by atoms with van der Waals surface area (Å²) in [7, 11) is 0. The monoisotopic (exact) mass is 182 g/mol. The van der Waals surface area contributed by atoms with Crippen LogP contribution in [-0.2, 0) is 11.3 Å². The number of aliphatic hydroxyl groups is 1. The number of carbonyl (C=O) groups excluding carboxylic acids is 1. The van der Waals surface area contributed by atoms with Crippen LogP contribution < -0.4 is 0 Å². The lowest BCUT2D eigenvalue weighted by Crippen LogP contribution is -2.08. The first-order valence-electron chi connectivity index (χ1n) is 3.86. The minimum Gasteiger partial charge on any atom is -0.461 e. The molecule has 1 N–H and O–H groups in total. The van der Waals surface area contributed by atoms with Gasteiger partial charge in [-0.3, -0.25) is 4.98 Å².